The molecule has 0 saturated carbocycles. The molecule has 0 saturated heterocycles. The molecule has 0 radical (unpaired) electrons. The van der Waals surface area contributed by atoms with Gasteiger partial charge in [0.2, 0.25) is 0 Å². The van der Waals surface area contributed by atoms with Crippen molar-refractivity contribution in [3.63, 3.8) is 0 Å². The third-order valence-electron chi connectivity index (χ3n) is 0. The van der Waals surface area contributed by atoms with Crippen LogP contribution >= 0.6 is 0 Å². The van der Waals surface area contributed by atoms with Crippen molar-refractivity contribution < 1.29 is 58.2 Å². The summed E-state index contributed by atoms with van der Waals surface area (Å²) >= 11 is -5.62. The van der Waals surface area contributed by atoms with Crippen LogP contribution in [0.15, 0.2) is 13.2 Å². The summed E-state index contributed by atoms with van der Waals surface area (Å²) in [6, 6.07) is 0. The summed E-state index contributed by atoms with van der Waals surface area (Å²) in [5.74, 6) is 0. The average molecular weight is 170 g/mol. The van der Waals surface area contributed by atoms with Crippen molar-refractivity contribution >= 4 is 0 Å². The van der Waals surface area contributed by atoms with E-state index >= 15 is 0 Å². The molecule has 0 aliphatic heterocycles. The quantitative estimate of drug-likeness (QED) is 0.276. The standard InChI is InChI=1S/C2H4.Mn.Na.4O/c1-2;;;;;;/h1-2H2;;;;;;/q;;+1;;;;-1. The van der Waals surface area contributed by atoms with E-state index in [1.165, 1.54) is 0 Å². The molecule has 0 aromatic heterocycles. The number of rotatable bonds is 0. The predicted molar refractivity (Wildman–Crippen MR) is 13.3 cm³/mol. The Morgan fingerprint density at radius 2 is 1.12 bits per heavy atom. The summed E-state index contributed by atoms with van der Waals surface area (Å²) in [6.07, 6.45) is 0. The number of hydrogen-bond acceptors (Lipinski definition) is 4. The van der Waals surface area contributed by atoms with Crippen LogP contribution in [0, 0.1) is 0 Å². The SMILES string of the molecule is C=C.[Na+].[O]=[Mn](=[O])(=[O])[O-]. The Morgan fingerprint density at radius 3 is 1.12 bits per heavy atom. The fourth-order valence-corrected chi connectivity index (χ4v) is 0. The van der Waals surface area contributed by atoms with E-state index in [0.29, 0.717) is 0 Å². The second-order valence-corrected chi connectivity index (χ2v) is 1.56. The van der Waals surface area contributed by atoms with Crippen molar-refractivity contribution in [1.29, 1.82) is 0 Å². The summed E-state index contributed by atoms with van der Waals surface area (Å²) in [4.78, 5) is 0. The van der Waals surface area contributed by atoms with E-state index in [-0.39, 0.29) is 29.6 Å². The first-order valence-electron chi connectivity index (χ1n) is 1.12. The van der Waals surface area contributed by atoms with E-state index in [1.54, 1.807) is 0 Å². The van der Waals surface area contributed by atoms with Crippen molar-refractivity contribution in [3.8, 4) is 0 Å². The molecule has 0 heterocycles. The van der Waals surface area contributed by atoms with E-state index in [1.807, 2.05) is 0 Å². The van der Waals surface area contributed by atoms with Gasteiger partial charge < -0.3 is 0 Å². The summed E-state index contributed by atoms with van der Waals surface area (Å²) in [5.41, 5.74) is 0. The van der Waals surface area contributed by atoms with Crippen LogP contribution in [-0.2, 0) is 24.5 Å². The zero-order chi connectivity index (χ0) is 6.50. The predicted octanol–water partition coefficient (Wildman–Crippen LogP) is -3.74. The molecule has 0 fully saturated rings. The van der Waals surface area contributed by atoms with Gasteiger partial charge in [0.1, 0.15) is 0 Å². The molecule has 0 amide bonds. The Labute approximate surface area is 71.0 Å². The molecule has 8 heavy (non-hydrogen) atoms. The molecule has 0 bridgehead atoms. The van der Waals surface area contributed by atoms with Crippen LogP contribution in [0.3, 0.4) is 0 Å². The van der Waals surface area contributed by atoms with Gasteiger partial charge in [0.25, 0.3) is 0 Å². The average Bonchev–Trinajstić information content (AvgIpc) is 1.36. The maximum atomic E-state index is 8.58. The van der Waals surface area contributed by atoms with E-state index in [0.717, 1.165) is 0 Å². The third-order valence-corrected chi connectivity index (χ3v) is 0. The first-order valence-corrected chi connectivity index (χ1v) is 3.04. The van der Waals surface area contributed by atoms with Crippen LogP contribution in [0.25, 0.3) is 0 Å². The molecule has 0 aromatic carbocycles. The zero-order valence-corrected chi connectivity index (χ0v) is 7.61. The molecule has 0 N–H and O–H groups in total. The van der Waals surface area contributed by atoms with Gasteiger partial charge in [-0.05, 0) is 0 Å². The van der Waals surface area contributed by atoms with Gasteiger partial charge in [-0.1, -0.05) is 0 Å². The van der Waals surface area contributed by atoms with Gasteiger partial charge in [0.05, 0.1) is 0 Å². The van der Waals surface area contributed by atoms with Gasteiger partial charge in [-0.2, -0.15) is 0 Å². The Bertz CT molecular complexity index is 147. The van der Waals surface area contributed by atoms with Crippen LogP contribution in [0.5, 0.6) is 0 Å². The fraction of sp³-hybridized carbons (Fsp3) is 0. The zero-order valence-electron chi connectivity index (χ0n) is 4.43. The van der Waals surface area contributed by atoms with Gasteiger partial charge in [-0.15, -0.1) is 13.2 Å². The third kappa shape index (κ3) is 545. The molecule has 0 aliphatic rings. The van der Waals surface area contributed by atoms with Gasteiger partial charge in [0.15, 0.2) is 0 Å². The van der Waals surface area contributed by atoms with E-state index < -0.39 is 13.0 Å². The maximum absolute atomic E-state index is 8.58. The second-order valence-electron chi connectivity index (χ2n) is 0.378. The van der Waals surface area contributed by atoms with E-state index in [2.05, 4.69) is 13.2 Å². The van der Waals surface area contributed by atoms with Crippen molar-refractivity contribution in [2.45, 2.75) is 0 Å². The Morgan fingerprint density at radius 1 is 1.12 bits per heavy atom. The van der Waals surface area contributed by atoms with E-state index in [4.69, 9.17) is 15.7 Å². The summed E-state index contributed by atoms with van der Waals surface area (Å²) < 4.78 is 34.3. The Kier molecular flexibility index (Phi) is 15.1. The topological polar surface area (TPSA) is 74.3 Å². The van der Waals surface area contributed by atoms with Crippen molar-refractivity contribution in [2.24, 2.45) is 0 Å². The second kappa shape index (κ2) is 7.62. The van der Waals surface area contributed by atoms with Crippen LogP contribution in [0.2, 0.25) is 0 Å². The minimum atomic E-state index is -5.62. The van der Waals surface area contributed by atoms with Crippen LogP contribution in [0.1, 0.15) is 0 Å². The summed E-state index contributed by atoms with van der Waals surface area (Å²) in [5, 5.41) is 0. The first kappa shape index (κ1) is 15.8. The molecule has 0 rings (SSSR count). The Balaban J connectivity index is -0.0000000750. The van der Waals surface area contributed by atoms with Crippen molar-refractivity contribution in [3.05, 3.63) is 13.2 Å². The monoisotopic (exact) mass is 170 g/mol. The fourth-order valence-electron chi connectivity index (χ4n) is 0. The first-order chi connectivity index (χ1) is 3.00. The van der Waals surface area contributed by atoms with Crippen LogP contribution in [-0.4, -0.2) is 0 Å². The molecule has 0 aliphatic carbocycles. The summed E-state index contributed by atoms with van der Waals surface area (Å²) in [7, 11) is 0. The molecule has 0 spiro atoms. The van der Waals surface area contributed by atoms with Gasteiger partial charge in [-0.25, -0.2) is 0 Å². The molecule has 4 nitrogen and oxygen atoms in total. The molecule has 0 aromatic rings. The van der Waals surface area contributed by atoms with Gasteiger partial charge in [0, 0.05) is 0 Å². The van der Waals surface area contributed by atoms with Gasteiger partial charge >= 0.3 is 58.2 Å². The van der Waals surface area contributed by atoms with Crippen LogP contribution < -0.4 is 33.7 Å². The molecular weight excluding hydrogens is 166 g/mol. The molecular formula is C2H4MnNaO4. The van der Waals surface area contributed by atoms with Crippen molar-refractivity contribution in [2.75, 3.05) is 0 Å². The summed E-state index contributed by atoms with van der Waals surface area (Å²) in [6.45, 7) is 6.00. The molecule has 0 atom stereocenters. The minimum absolute atomic E-state index is 0. The van der Waals surface area contributed by atoms with Crippen LogP contribution in [0.4, 0.5) is 0 Å². The Hall–Kier alpha value is 0.619. The molecule has 0 unspecified atom stereocenters. The van der Waals surface area contributed by atoms with Crippen molar-refractivity contribution in [1.82, 2.24) is 0 Å². The number of hydrogen-bond donors (Lipinski definition) is 0. The molecule has 6 heteroatoms. The molecule has 44 valence electrons. The van der Waals surface area contributed by atoms with Gasteiger partial charge in [-0.3, -0.25) is 0 Å². The normalized spacial score (nSPS) is 7.62. The van der Waals surface area contributed by atoms with E-state index in [9.17, 15) is 0 Å².